The fraction of sp³-hybridized carbons (Fsp3) is 0. The van der Waals surface area contributed by atoms with E-state index in [4.69, 9.17) is 23.2 Å². The van der Waals surface area contributed by atoms with E-state index in [2.05, 4.69) is 10.3 Å². The minimum Gasteiger partial charge on any atom is -0.351 e. The number of carbonyl (C=O) groups excluding carboxylic acids is 1. The highest BCUT2D eigenvalue weighted by molar-refractivity contribution is 6.40. The first kappa shape index (κ1) is 13.0. The van der Waals surface area contributed by atoms with Crippen LogP contribution < -0.4 is 5.32 Å². The van der Waals surface area contributed by atoms with Crippen molar-refractivity contribution in [1.82, 2.24) is 4.98 Å². The molecule has 0 radical (unpaired) electrons. The lowest BCUT2D eigenvalue weighted by atomic mass is 10.2. The lowest BCUT2D eigenvalue weighted by molar-refractivity contribution is 0.102. The number of hydrogen-bond acceptors (Lipinski definition) is 1. The number of fused-ring (bicyclic) bond motifs is 1. The molecule has 0 atom stereocenters. The summed E-state index contributed by atoms with van der Waals surface area (Å²) < 4.78 is 0. The number of anilines is 1. The van der Waals surface area contributed by atoms with Gasteiger partial charge < -0.3 is 10.3 Å². The SMILES string of the molecule is O=C(Nc1c(Cl)cccc1Cl)c1cc2ccccc2[nH]1. The van der Waals surface area contributed by atoms with Gasteiger partial charge in [0.1, 0.15) is 5.69 Å². The van der Waals surface area contributed by atoms with Crippen LogP contribution in [0.1, 0.15) is 10.5 Å². The molecule has 0 fully saturated rings. The van der Waals surface area contributed by atoms with Crippen LogP contribution in [-0.2, 0) is 0 Å². The standard InChI is InChI=1S/C15H10Cl2N2O/c16-10-5-3-6-11(17)14(10)19-15(20)13-8-9-4-1-2-7-12(9)18-13/h1-8,18H,(H,19,20). The zero-order valence-electron chi connectivity index (χ0n) is 10.3. The normalized spacial score (nSPS) is 10.7. The maximum Gasteiger partial charge on any atom is 0.272 e. The molecule has 0 unspecified atom stereocenters. The Labute approximate surface area is 125 Å². The van der Waals surface area contributed by atoms with Crippen molar-refractivity contribution in [3.8, 4) is 0 Å². The van der Waals surface area contributed by atoms with Gasteiger partial charge in [-0.1, -0.05) is 47.5 Å². The van der Waals surface area contributed by atoms with E-state index in [-0.39, 0.29) is 5.91 Å². The van der Waals surface area contributed by atoms with Crippen molar-refractivity contribution in [2.45, 2.75) is 0 Å². The molecule has 2 N–H and O–H groups in total. The number of para-hydroxylation sites is 2. The van der Waals surface area contributed by atoms with Crippen molar-refractivity contribution >= 4 is 45.7 Å². The van der Waals surface area contributed by atoms with Crippen LogP contribution >= 0.6 is 23.2 Å². The van der Waals surface area contributed by atoms with Gasteiger partial charge in [-0.15, -0.1) is 0 Å². The molecule has 3 aromatic rings. The number of amides is 1. The first-order valence-corrected chi connectivity index (χ1v) is 6.74. The molecule has 1 heterocycles. The summed E-state index contributed by atoms with van der Waals surface area (Å²) in [6, 6.07) is 14.5. The van der Waals surface area contributed by atoms with Crippen LogP contribution in [0.4, 0.5) is 5.69 Å². The maximum absolute atomic E-state index is 12.2. The van der Waals surface area contributed by atoms with Crippen molar-refractivity contribution in [2.75, 3.05) is 5.32 Å². The maximum atomic E-state index is 12.2. The third-order valence-electron chi connectivity index (χ3n) is 2.98. The summed E-state index contributed by atoms with van der Waals surface area (Å²) in [5, 5.41) is 4.51. The minimum absolute atomic E-state index is 0.281. The third-order valence-corrected chi connectivity index (χ3v) is 3.61. The Balaban J connectivity index is 1.93. The summed E-state index contributed by atoms with van der Waals surface area (Å²) in [5.41, 5.74) is 1.78. The molecule has 0 spiro atoms. The predicted molar refractivity (Wildman–Crippen MR) is 82.7 cm³/mol. The van der Waals surface area contributed by atoms with E-state index in [0.29, 0.717) is 21.4 Å². The van der Waals surface area contributed by atoms with E-state index in [0.717, 1.165) is 10.9 Å². The second kappa shape index (κ2) is 5.19. The van der Waals surface area contributed by atoms with Gasteiger partial charge in [-0.2, -0.15) is 0 Å². The first-order valence-electron chi connectivity index (χ1n) is 5.98. The van der Waals surface area contributed by atoms with Crippen molar-refractivity contribution < 1.29 is 4.79 Å². The first-order chi connectivity index (χ1) is 9.65. The Morgan fingerprint density at radius 1 is 1.00 bits per heavy atom. The molecular weight excluding hydrogens is 295 g/mol. The van der Waals surface area contributed by atoms with Gasteiger partial charge in [0.15, 0.2) is 0 Å². The van der Waals surface area contributed by atoms with Crippen molar-refractivity contribution in [3.05, 3.63) is 64.3 Å². The number of benzene rings is 2. The lowest BCUT2D eigenvalue weighted by Crippen LogP contribution is -2.12. The van der Waals surface area contributed by atoms with E-state index in [1.807, 2.05) is 24.3 Å². The van der Waals surface area contributed by atoms with Crippen molar-refractivity contribution in [1.29, 1.82) is 0 Å². The van der Waals surface area contributed by atoms with E-state index in [9.17, 15) is 4.79 Å². The van der Waals surface area contributed by atoms with E-state index >= 15 is 0 Å². The van der Waals surface area contributed by atoms with Gasteiger partial charge in [-0.3, -0.25) is 4.79 Å². The summed E-state index contributed by atoms with van der Waals surface area (Å²) >= 11 is 12.1. The average Bonchev–Trinajstić information content (AvgIpc) is 2.87. The molecule has 100 valence electrons. The van der Waals surface area contributed by atoms with Crippen LogP contribution in [0.5, 0.6) is 0 Å². The molecule has 1 amide bonds. The lowest BCUT2D eigenvalue weighted by Gasteiger charge is -2.07. The number of rotatable bonds is 2. The van der Waals surface area contributed by atoms with Gasteiger partial charge in [0.05, 0.1) is 15.7 Å². The van der Waals surface area contributed by atoms with E-state index in [1.165, 1.54) is 0 Å². The van der Waals surface area contributed by atoms with Gasteiger partial charge in [0.25, 0.3) is 5.91 Å². The fourth-order valence-electron chi connectivity index (χ4n) is 1.99. The highest BCUT2D eigenvalue weighted by atomic mass is 35.5. The summed E-state index contributed by atoms with van der Waals surface area (Å²) in [5.74, 6) is -0.281. The smallest absolute Gasteiger partial charge is 0.272 e. The second-order valence-electron chi connectivity index (χ2n) is 4.32. The molecule has 20 heavy (non-hydrogen) atoms. The zero-order valence-corrected chi connectivity index (χ0v) is 11.8. The summed E-state index contributed by atoms with van der Waals surface area (Å²) in [6.45, 7) is 0. The number of carbonyl (C=O) groups is 1. The number of aromatic nitrogens is 1. The highest BCUT2D eigenvalue weighted by Crippen LogP contribution is 2.30. The molecule has 0 aliphatic carbocycles. The predicted octanol–water partition coefficient (Wildman–Crippen LogP) is 4.73. The number of hydrogen-bond donors (Lipinski definition) is 2. The number of halogens is 2. The average molecular weight is 305 g/mol. The van der Waals surface area contributed by atoms with E-state index < -0.39 is 0 Å². The van der Waals surface area contributed by atoms with Gasteiger partial charge in [-0.05, 0) is 24.3 Å². The molecule has 2 aromatic carbocycles. The molecule has 0 bridgehead atoms. The molecular formula is C15H10Cl2N2O. The molecule has 5 heteroatoms. The molecule has 3 rings (SSSR count). The van der Waals surface area contributed by atoms with Crippen LogP contribution in [0, 0.1) is 0 Å². The molecule has 0 saturated heterocycles. The molecule has 0 saturated carbocycles. The molecule has 0 aliphatic heterocycles. The topological polar surface area (TPSA) is 44.9 Å². The van der Waals surface area contributed by atoms with Crippen LogP contribution in [0.15, 0.2) is 48.5 Å². The molecule has 1 aromatic heterocycles. The van der Waals surface area contributed by atoms with Gasteiger partial charge in [0.2, 0.25) is 0 Å². The fourth-order valence-corrected chi connectivity index (χ4v) is 2.49. The minimum atomic E-state index is -0.281. The van der Waals surface area contributed by atoms with Crippen LogP contribution in [-0.4, -0.2) is 10.9 Å². The van der Waals surface area contributed by atoms with Crippen molar-refractivity contribution in [3.63, 3.8) is 0 Å². The van der Waals surface area contributed by atoms with Crippen molar-refractivity contribution in [2.24, 2.45) is 0 Å². The summed E-state index contributed by atoms with van der Waals surface area (Å²) in [4.78, 5) is 15.3. The quantitative estimate of drug-likeness (QED) is 0.706. The largest absolute Gasteiger partial charge is 0.351 e. The van der Waals surface area contributed by atoms with Gasteiger partial charge in [0, 0.05) is 10.9 Å². The number of nitrogens with one attached hydrogen (secondary N) is 2. The van der Waals surface area contributed by atoms with E-state index in [1.54, 1.807) is 24.3 Å². The monoisotopic (exact) mass is 304 g/mol. The number of H-pyrrole nitrogens is 1. The second-order valence-corrected chi connectivity index (χ2v) is 5.14. The van der Waals surface area contributed by atoms with Gasteiger partial charge in [-0.25, -0.2) is 0 Å². The number of aromatic amines is 1. The molecule has 0 aliphatic rings. The highest BCUT2D eigenvalue weighted by Gasteiger charge is 2.13. The summed E-state index contributed by atoms with van der Waals surface area (Å²) in [6.07, 6.45) is 0. The Hall–Kier alpha value is -1.97. The zero-order chi connectivity index (χ0) is 14.1. The Kier molecular flexibility index (Phi) is 3.38. The van der Waals surface area contributed by atoms with Crippen LogP contribution in [0.3, 0.4) is 0 Å². The van der Waals surface area contributed by atoms with Gasteiger partial charge >= 0.3 is 0 Å². The van der Waals surface area contributed by atoms with Crippen LogP contribution in [0.2, 0.25) is 10.0 Å². The Morgan fingerprint density at radius 2 is 1.70 bits per heavy atom. The van der Waals surface area contributed by atoms with Crippen LogP contribution in [0.25, 0.3) is 10.9 Å². The summed E-state index contributed by atoms with van der Waals surface area (Å²) in [7, 11) is 0. The Bertz CT molecular complexity index is 742. The molecule has 3 nitrogen and oxygen atoms in total. The Morgan fingerprint density at radius 3 is 2.40 bits per heavy atom. The third kappa shape index (κ3) is 2.38.